The molecular formula is C10H13ClF3NO3. The molecule has 0 aromatic heterocycles. The van der Waals surface area contributed by atoms with Gasteiger partial charge < -0.3 is 20.7 Å². The number of ether oxygens (including phenoxy) is 1. The van der Waals surface area contributed by atoms with Crippen molar-refractivity contribution in [1.29, 1.82) is 0 Å². The van der Waals surface area contributed by atoms with Crippen molar-refractivity contribution in [2.45, 2.75) is 18.3 Å². The van der Waals surface area contributed by atoms with E-state index in [1.807, 2.05) is 0 Å². The Hall–Kier alpha value is -1.18. The molecule has 8 heteroatoms. The number of phenolic OH excluding ortho intramolecular Hbond substituents is 1. The summed E-state index contributed by atoms with van der Waals surface area (Å²) in [6, 6.07) is 2.09. The third-order valence-electron chi connectivity index (χ3n) is 2.27. The molecule has 0 heterocycles. The van der Waals surface area contributed by atoms with Crippen LogP contribution < -0.4 is 10.5 Å². The van der Waals surface area contributed by atoms with Crippen molar-refractivity contribution < 1.29 is 28.1 Å². The summed E-state index contributed by atoms with van der Waals surface area (Å²) in [4.78, 5) is 0. The maximum absolute atomic E-state index is 12.3. The van der Waals surface area contributed by atoms with E-state index in [9.17, 15) is 18.3 Å². The van der Waals surface area contributed by atoms with E-state index in [4.69, 9.17) is 15.6 Å². The van der Waals surface area contributed by atoms with Crippen molar-refractivity contribution >= 4 is 12.4 Å². The van der Waals surface area contributed by atoms with E-state index in [1.165, 1.54) is 25.3 Å². The molecule has 0 spiro atoms. The van der Waals surface area contributed by atoms with Gasteiger partial charge in [0.25, 0.3) is 0 Å². The first-order valence-electron chi connectivity index (χ1n) is 4.65. The molecule has 0 bridgehead atoms. The van der Waals surface area contributed by atoms with Crippen LogP contribution in [0.5, 0.6) is 11.5 Å². The molecule has 4 nitrogen and oxygen atoms in total. The molecule has 1 rings (SSSR count). The topological polar surface area (TPSA) is 75.7 Å². The molecular weight excluding hydrogens is 275 g/mol. The van der Waals surface area contributed by atoms with Gasteiger partial charge in [-0.25, -0.2) is 0 Å². The summed E-state index contributed by atoms with van der Waals surface area (Å²) in [6.07, 6.45) is -7.64. The van der Waals surface area contributed by atoms with Crippen molar-refractivity contribution in [2.75, 3.05) is 7.11 Å². The van der Waals surface area contributed by atoms with Gasteiger partial charge in [0.2, 0.25) is 0 Å². The van der Waals surface area contributed by atoms with Crippen molar-refractivity contribution in [3.8, 4) is 11.5 Å². The third-order valence-corrected chi connectivity index (χ3v) is 2.27. The first-order valence-corrected chi connectivity index (χ1v) is 4.65. The number of aliphatic hydroxyl groups is 1. The van der Waals surface area contributed by atoms with E-state index in [-0.39, 0.29) is 23.7 Å². The normalized spacial score (nSPS) is 14.6. The number of alkyl halides is 3. The van der Waals surface area contributed by atoms with Crippen LogP contribution in [0.25, 0.3) is 0 Å². The Labute approximate surface area is 108 Å². The molecule has 4 N–H and O–H groups in total. The zero-order chi connectivity index (χ0) is 13.2. The van der Waals surface area contributed by atoms with Gasteiger partial charge in [-0.05, 0) is 12.1 Å². The Balaban J connectivity index is 0.00000289. The summed E-state index contributed by atoms with van der Waals surface area (Å²) in [6.45, 7) is 0. The molecule has 0 saturated heterocycles. The van der Waals surface area contributed by atoms with E-state index in [0.717, 1.165) is 0 Å². The zero-order valence-corrected chi connectivity index (χ0v) is 10.1. The molecule has 0 radical (unpaired) electrons. The molecule has 0 saturated carbocycles. The number of rotatable bonds is 3. The maximum Gasteiger partial charge on any atom is 0.416 e. The predicted octanol–water partition coefficient (Wildman–Crippen LogP) is 1.75. The summed E-state index contributed by atoms with van der Waals surface area (Å²) in [7, 11) is 1.23. The van der Waals surface area contributed by atoms with E-state index in [2.05, 4.69) is 0 Å². The molecule has 0 aliphatic heterocycles. The molecule has 2 atom stereocenters. The van der Waals surface area contributed by atoms with Gasteiger partial charge in [-0.15, -0.1) is 12.4 Å². The highest BCUT2D eigenvalue weighted by Gasteiger charge is 2.44. The lowest BCUT2D eigenvalue weighted by molar-refractivity contribution is -0.210. The van der Waals surface area contributed by atoms with Crippen LogP contribution in [-0.4, -0.2) is 29.6 Å². The number of aromatic hydroxyl groups is 1. The second-order valence-corrected chi connectivity index (χ2v) is 3.41. The minimum Gasteiger partial charge on any atom is -0.507 e. The van der Waals surface area contributed by atoms with Crippen molar-refractivity contribution in [3.05, 3.63) is 23.8 Å². The Bertz CT molecular complexity index is 400. The predicted molar refractivity (Wildman–Crippen MR) is 60.9 cm³/mol. The second-order valence-electron chi connectivity index (χ2n) is 3.41. The van der Waals surface area contributed by atoms with Gasteiger partial charge in [0.05, 0.1) is 18.7 Å². The second kappa shape index (κ2) is 6.12. The average Bonchev–Trinajstić information content (AvgIpc) is 2.25. The van der Waals surface area contributed by atoms with Gasteiger partial charge in [-0.1, -0.05) is 6.07 Å². The number of nitrogens with two attached hydrogens (primary N) is 1. The minimum absolute atomic E-state index is 0. The van der Waals surface area contributed by atoms with Crippen LogP contribution in [-0.2, 0) is 0 Å². The summed E-state index contributed by atoms with van der Waals surface area (Å²) >= 11 is 0. The molecule has 0 aliphatic carbocycles. The Morgan fingerprint density at radius 1 is 1.33 bits per heavy atom. The number of aliphatic hydroxyl groups excluding tert-OH is 1. The first kappa shape index (κ1) is 16.8. The number of benzene rings is 1. The van der Waals surface area contributed by atoms with Crippen LogP contribution in [0.1, 0.15) is 11.6 Å². The first-order chi connectivity index (χ1) is 7.79. The summed E-state index contributed by atoms with van der Waals surface area (Å²) in [5, 5.41) is 18.5. The summed E-state index contributed by atoms with van der Waals surface area (Å²) in [5.41, 5.74) is 5.01. The Morgan fingerprint density at radius 3 is 2.33 bits per heavy atom. The van der Waals surface area contributed by atoms with Crippen LogP contribution >= 0.6 is 12.4 Å². The Kier molecular flexibility index (Phi) is 5.72. The van der Waals surface area contributed by atoms with E-state index >= 15 is 0 Å². The molecule has 104 valence electrons. The van der Waals surface area contributed by atoms with Crippen LogP contribution in [0.4, 0.5) is 13.2 Å². The van der Waals surface area contributed by atoms with Crippen molar-refractivity contribution in [2.24, 2.45) is 5.73 Å². The van der Waals surface area contributed by atoms with Gasteiger partial charge in [0.1, 0.15) is 11.5 Å². The fourth-order valence-corrected chi connectivity index (χ4v) is 1.41. The van der Waals surface area contributed by atoms with E-state index < -0.39 is 24.1 Å². The average molecular weight is 288 g/mol. The van der Waals surface area contributed by atoms with Gasteiger partial charge in [0.15, 0.2) is 6.10 Å². The summed E-state index contributed by atoms with van der Waals surface area (Å²) in [5.74, 6) is -0.471. The minimum atomic E-state index is -4.87. The van der Waals surface area contributed by atoms with Crippen LogP contribution in [0.2, 0.25) is 0 Å². The molecule has 0 unspecified atom stereocenters. The highest BCUT2D eigenvalue weighted by atomic mass is 35.5. The molecule has 0 amide bonds. The van der Waals surface area contributed by atoms with Crippen LogP contribution in [0.3, 0.4) is 0 Å². The smallest absolute Gasteiger partial charge is 0.416 e. The molecule has 18 heavy (non-hydrogen) atoms. The number of phenols is 1. The molecule has 1 aromatic carbocycles. The maximum atomic E-state index is 12.3. The van der Waals surface area contributed by atoms with Crippen LogP contribution in [0, 0.1) is 0 Å². The third kappa shape index (κ3) is 3.41. The zero-order valence-electron chi connectivity index (χ0n) is 9.31. The Morgan fingerprint density at radius 2 is 1.89 bits per heavy atom. The van der Waals surface area contributed by atoms with Gasteiger partial charge in [-0.3, -0.25) is 0 Å². The monoisotopic (exact) mass is 287 g/mol. The fraction of sp³-hybridized carbons (Fsp3) is 0.400. The van der Waals surface area contributed by atoms with Crippen molar-refractivity contribution in [3.63, 3.8) is 0 Å². The number of hydrogen-bond acceptors (Lipinski definition) is 4. The largest absolute Gasteiger partial charge is 0.507 e. The molecule has 0 aliphatic rings. The van der Waals surface area contributed by atoms with Gasteiger partial charge in [-0.2, -0.15) is 13.2 Å². The highest BCUT2D eigenvalue weighted by molar-refractivity contribution is 5.85. The van der Waals surface area contributed by atoms with E-state index in [0.29, 0.717) is 0 Å². The standard InChI is InChI=1S/C10H12F3NO3.ClH/c1-17-6-4-2-3-5(15)7(6)8(14)9(16)10(11,12)13;/h2-4,8-9,15-16H,14H2,1H3;1H/t8-,9-;/m0./s1. The van der Waals surface area contributed by atoms with Gasteiger partial charge in [0, 0.05) is 0 Å². The lowest BCUT2D eigenvalue weighted by Crippen LogP contribution is -2.39. The SMILES string of the molecule is COc1cccc(O)c1[C@H](N)[C@H](O)C(F)(F)F.Cl. The lowest BCUT2D eigenvalue weighted by atomic mass is 10.00. The van der Waals surface area contributed by atoms with Crippen molar-refractivity contribution in [1.82, 2.24) is 0 Å². The number of hydrogen-bond donors (Lipinski definition) is 3. The van der Waals surface area contributed by atoms with Crippen LogP contribution in [0.15, 0.2) is 18.2 Å². The number of methoxy groups -OCH3 is 1. The molecule has 1 aromatic rings. The molecule has 0 fully saturated rings. The fourth-order valence-electron chi connectivity index (χ4n) is 1.41. The quantitative estimate of drug-likeness (QED) is 0.791. The number of halogens is 4. The van der Waals surface area contributed by atoms with Gasteiger partial charge >= 0.3 is 6.18 Å². The highest BCUT2D eigenvalue weighted by Crippen LogP contribution is 2.37. The lowest BCUT2D eigenvalue weighted by Gasteiger charge is -2.23. The van der Waals surface area contributed by atoms with E-state index in [1.54, 1.807) is 0 Å². The summed E-state index contributed by atoms with van der Waals surface area (Å²) < 4.78 is 41.7.